The summed E-state index contributed by atoms with van der Waals surface area (Å²) in [6.07, 6.45) is 4.56. The second kappa shape index (κ2) is 10.1. The van der Waals surface area contributed by atoms with E-state index in [0.717, 1.165) is 30.4 Å². The van der Waals surface area contributed by atoms with Crippen molar-refractivity contribution in [2.24, 2.45) is 11.8 Å². The van der Waals surface area contributed by atoms with E-state index in [2.05, 4.69) is 34.9 Å². The third-order valence-electron chi connectivity index (χ3n) is 7.88. The van der Waals surface area contributed by atoms with Crippen molar-refractivity contribution >= 4 is 18.0 Å². The fourth-order valence-corrected chi connectivity index (χ4v) is 6.05. The van der Waals surface area contributed by atoms with Gasteiger partial charge in [0.1, 0.15) is 6.61 Å². The van der Waals surface area contributed by atoms with Crippen molar-refractivity contribution in [3.63, 3.8) is 0 Å². The van der Waals surface area contributed by atoms with Crippen LogP contribution in [0.5, 0.6) is 0 Å². The SMILES string of the molecule is O=C(NC1CCCCC1C(=O)NC1CCC(C(=O)O)C1)OCC1c2ccccc2-c2ccccc21. The Bertz CT molecular complexity index is 1070. The van der Waals surface area contributed by atoms with Crippen LogP contribution in [0, 0.1) is 11.8 Å². The van der Waals surface area contributed by atoms with Crippen molar-refractivity contribution < 1.29 is 24.2 Å². The molecule has 0 aromatic heterocycles. The second-order valence-corrected chi connectivity index (χ2v) is 10.0. The minimum atomic E-state index is -0.797. The Morgan fingerprint density at radius 3 is 2.17 bits per heavy atom. The number of carbonyl (C=O) groups excluding carboxylic acids is 2. The van der Waals surface area contributed by atoms with Gasteiger partial charge in [-0.05, 0) is 54.4 Å². The van der Waals surface area contributed by atoms with E-state index in [-0.39, 0.29) is 42.4 Å². The molecular formula is C28H32N2O5. The van der Waals surface area contributed by atoms with E-state index in [9.17, 15) is 19.5 Å². The third-order valence-corrected chi connectivity index (χ3v) is 7.88. The monoisotopic (exact) mass is 476 g/mol. The Morgan fingerprint density at radius 1 is 0.857 bits per heavy atom. The molecule has 35 heavy (non-hydrogen) atoms. The van der Waals surface area contributed by atoms with Gasteiger partial charge in [0.15, 0.2) is 0 Å². The molecule has 2 fully saturated rings. The summed E-state index contributed by atoms with van der Waals surface area (Å²) in [5.74, 6) is -1.61. The van der Waals surface area contributed by atoms with E-state index in [1.807, 2.05) is 24.3 Å². The van der Waals surface area contributed by atoms with Crippen LogP contribution in [-0.4, -0.2) is 41.8 Å². The average Bonchev–Trinajstić information content (AvgIpc) is 3.46. The fourth-order valence-electron chi connectivity index (χ4n) is 6.05. The number of fused-ring (bicyclic) bond motifs is 3. The molecule has 0 aliphatic heterocycles. The van der Waals surface area contributed by atoms with Gasteiger partial charge in [-0.1, -0.05) is 61.4 Å². The quantitative estimate of drug-likeness (QED) is 0.571. The number of aliphatic carboxylic acids is 1. The molecule has 3 aliphatic carbocycles. The molecule has 5 rings (SSSR count). The first-order valence-corrected chi connectivity index (χ1v) is 12.7. The highest BCUT2D eigenvalue weighted by Gasteiger charge is 2.36. The number of hydrogen-bond acceptors (Lipinski definition) is 4. The lowest BCUT2D eigenvalue weighted by atomic mass is 9.83. The minimum absolute atomic E-state index is 0.0110. The highest BCUT2D eigenvalue weighted by Crippen LogP contribution is 2.44. The summed E-state index contributed by atoms with van der Waals surface area (Å²) in [5.41, 5.74) is 4.68. The highest BCUT2D eigenvalue weighted by molar-refractivity contribution is 5.81. The van der Waals surface area contributed by atoms with Crippen LogP contribution in [-0.2, 0) is 14.3 Å². The largest absolute Gasteiger partial charge is 0.481 e. The molecule has 3 aliphatic rings. The average molecular weight is 477 g/mol. The van der Waals surface area contributed by atoms with Crippen LogP contribution >= 0.6 is 0 Å². The van der Waals surface area contributed by atoms with Crippen molar-refractivity contribution in [2.75, 3.05) is 6.61 Å². The summed E-state index contributed by atoms with van der Waals surface area (Å²) in [6.45, 7) is 0.238. The first kappa shape index (κ1) is 23.4. The van der Waals surface area contributed by atoms with Crippen molar-refractivity contribution in [2.45, 2.75) is 62.9 Å². The maximum atomic E-state index is 13.0. The summed E-state index contributed by atoms with van der Waals surface area (Å²) in [7, 11) is 0. The molecule has 2 aromatic carbocycles. The molecule has 0 radical (unpaired) electrons. The molecule has 7 nitrogen and oxygen atoms in total. The number of amides is 2. The normalized spacial score (nSPS) is 25.4. The molecule has 0 saturated heterocycles. The molecule has 4 atom stereocenters. The summed E-state index contributed by atoms with van der Waals surface area (Å²) < 4.78 is 5.70. The number of carboxylic acids is 1. The van der Waals surface area contributed by atoms with Gasteiger partial charge in [-0.15, -0.1) is 0 Å². The third kappa shape index (κ3) is 4.90. The molecule has 3 N–H and O–H groups in total. The van der Waals surface area contributed by atoms with Crippen LogP contribution in [0.1, 0.15) is 62.0 Å². The zero-order valence-electron chi connectivity index (χ0n) is 19.7. The number of benzene rings is 2. The smallest absolute Gasteiger partial charge is 0.407 e. The van der Waals surface area contributed by atoms with E-state index in [0.29, 0.717) is 25.7 Å². The lowest BCUT2D eigenvalue weighted by Crippen LogP contribution is -2.50. The van der Waals surface area contributed by atoms with Crippen LogP contribution in [0.4, 0.5) is 4.79 Å². The number of carboxylic acid groups (broad SMARTS) is 1. The topological polar surface area (TPSA) is 105 Å². The molecular weight excluding hydrogens is 444 g/mol. The van der Waals surface area contributed by atoms with Crippen molar-refractivity contribution in [1.82, 2.24) is 10.6 Å². The van der Waals surface area contributed by atoms with Gasteiger partial charge in [-0.25, -0.2) is 4.79 Å². The molecule has 2 saturated carbocycles. The number of alkyl carbamates (subject to hydrolysis) is 1. The molecule has 184 valence electrons. The second-order valence-electron chi connectivity index (χ2n) is 10.0. The zero-order chi connectivity index (χ0) is 24.4. The van der Waals surface area contributed by atoms with Crippen LogP contribution in [0.2, 0.25) is 0 Å². The number of ether oxygens (including phenoxy) is 1. The molecule has 2 aromatic rings. The van der Waals surface area contributed by atoms with Crippen molar-refractivity contribution in [1.29, 1.82) is 0 Å². The maximum absolute atomic E-state index is 13.0. The van der Waals surface area contributed by atoms with E-state index < -0.39 is 12.1 Å². The predicted octanol–water partition coefficient (Wildman–Crippen LogP) is 4.45. The lowest BCUT2D eigenvalue weighted by Gasteiger charge is -2.32. The number of nitrogens with one attached hydrogen (secondary N) is 2. The van der Waals surface area contributed by atoms with Crippen LogP contribution in [0.25, 0.3) is 11.1 Å². The molecule has 0 bridgehead atoms. The minimum Gasteiger partial charge on any atom is -0.481 e. The van der Waals surface area contributed by atoms with Crippen molar-refractivity contribution in [3.05, 3.63) is 59.7 Å². The summed E-state index contributed by atoms with van der Waals surface area (Å²) in [6, 6.07) is 16.0. The number of hydrogen-bond donors (Lipinski definition) is 3. The summed E-state index contributed by atoms with van der Waals surface area (Å²) in [4.78, 5) is 37.0. The Hall–Kier alpha value is -3.35. The van der Waals surface area contributed by atoms with Gasteiger partial charge in [0.25, 0.3) is 0 Å². The first-order valence-electron chi connectivity index (χ1n) is 12.7. The van der Waals surface area contributed by atoms with Crippen LogP contribution < -0.4 is 10.6 Å². The van der Waals surface area contributed by atoms with E-state index in [1.165, 1.54) is 11.1 Å². The number of rotatable bonds is 6. The van der Waals surface area contributed by atoms with E-state index >= 15 is 0 Å². The van der Waals surface area contributed by atoms with Gasteiger partial charge in [0, 0.05) is 18.0 Å². The van der Waals surface area contributed by atoms with E-state index in [4.69, 9.17) is 4.74 Å². The van der Waals surface area contributed by atoms with Gasteiger partial charge in [-0.3, -0.25) is 9.59 Å². The van der Waals surface area contributed by atoms with Crippen molar-refractivity contribution in [3.8, 4) is 11.1 Å². The van der Waals surface area contributed by atoms with Gasteiger partial charge < -0.3 is 20.5 Å². The standard InChI is InChI=1S/C28H32N2O5/c31-26(29-18-14-13-17(15-18)27(32)33)23-11-5-6-12-25(23)30-28(34)35-16-24-21-9-3-1-7-19(21)20-8-2-4-10-22(20)24/h1-4,7-10,17-18,23-25H,5-6,11-16H2,(H,29,31)(H,30,34)(H,32,33). The number of carbonyl (C=O) groups is 3. The maximum Gasteiger partial charge on any atom is 0.407 e. The Kier molecular flexibility index (Phi) is 6.75. The predicted molar refractivity (Wildman–Crippen MR) is 131 cm³/mol. The Labute approximate surface area is 205 Å². The highest BCUT2D eigenvalue weighted by atomic mass is 16.5. The molecule has 0 heterocycles. The van der Waals surface area contributed by atoms with E-state index in [1.54, 1.807) is 0 Å². The summed E-state index contributed by atoms with van der Waals surface area (Å²) >= 11 is 0. The molecule has 2 amide bonds. The van der Waals surface area contributed by atoms with Gasteiger partial charge in [-0.2, -0.15) is 0 Å². The fraction of sp³-hybridized carbons (Fsp3) is 0.464. The van der Waals surface area contributed by atoms with Gasteiger partial charge >= 0.3 is 12.1 Å². The lowest BCUT2D eigenvalue weighted by molar-refractivity contribution is -0.141. The molecule has 4 unspecified atom stereocenters. The first-order chi connectivity index (χ1) is 17.0. The zero-order valence-corrected chi connectivity index (χ0v) is 19.7. The summed E-state index contributed by atoms with van der Waals surface area (Å²) in [5, 5.41) is 15.2. The van der Waals surface area contributed by atoms with Crippen LogP contribution in [0.15, 0.2) is 48.5 Å². The van der Waals surface area contributed by atoms with Gasteiger partial charge in [0.2, 0.25) is 5.91 Å². The Morgan fingerprint density at radius 2 is 1.51 bits per heavy atom. The van der Waals surface area contributed by atoms with Gasteiger partial charge in [0.05, 0.1) is 11.8 Å². The molecule has 7 heteroatoms. The Balaban J connectivity index is 1.18. The molecule has 0 spiro atoms. The van der Waals surface area contributed by atoms with Crippen LogP contribution in [0.3, 0.4) is 0 Å².